The van der Waals surface area contributed by atoms with Gasteiger partial charge < -0.3 is 10.1 Å². The molecule has 28 heavy (non-hydrogen) atoms. The molecule has 3 aromatic rings. The van der Waals surface area contributed by atoms with E-state index in [1.54, 1.807) is 31.4 Å². The van der Waals surface area contributed by atoms with Crippen molar-refractivity contribution < 1.29 is 9.53 Å². The summed E-state index contributed by atoms with van der Waals surface area (Å²) in [5.41, 5.74) is 3.93. The molecule has 1 aliphatic carbocycles. The van der Waals surface area contributed by atoms with Crippen molar-refractivity contribution in [2.45, 2.75) is 31.8 Å². The van der Waals surface area contributed by atoms with Crippen LogP contribution < -0.4 is 10.1 Å². The van der Waals surface area contributed by atoms with Gasteiger partial charge in [0.05, 0.1) is 25.9 Å². The molecule has 5 nitrogen and oxygen atoms in total. The third-order valence-electron chi connectivity index (χ3n) is 5.20. The molecule has 0 radical (unpaired) electrons. The van der Waals surface area contributed by atoms with E-state index in [9.17, 15) is 4.79 Å². The summed E-state index contributed by atoms with van der Waals surface area (Å²) >= 11 is 6.30. The molecular weight excluding hydrogens is 374 g/mol. The van der Waals surface area contributed by atoms with Crippen molar-refractivity contribution in [2.75, 3.05) is 7.11 Å². The first-order chi connectivity index (χ1) is 13.7. The molecule has 144 valence electrons. The number of nitrogens with zero attached hydrogens (tertiary/aromatic N) is 2. The van der Waals surface area contributed by atoms with Crippen LogP contribution in [0.25, 0.3) is 0 Å². The van der Waals surface area contributed by atoms with Gasteiger partial charge in [0.15, 0.2) is 0 Å². The van der Waals surface area contributed by atoms with Crippen molar-refractivity contribution in [3.05, 3.63) is 82.1 Å². The molecular formula is C22H22ClN3O2. The molecule has 0 fully saturated rings. The Morgan fingerprint density at radius 2 is 2.04 bits per heavy atom. The van der Waals surface area contributed by atoms with Crippen LogP contribution >= 0.6 is 11.6 Å². The van der Waals surface area contributed by atoms with Gasteiger partial charge in [-0.25, -0.2) is 0 Å². The standard InChI is InChI=1S/C22H22ClN3O2/c1-28-17-11-9-15(10-12-17)22(27)25-20-7-4-8-21-18(20)13-24-26(21)14-16-5-2-3-6-19(16)23/h2-3,5-6,9-13,20H,4,7-8,14H2,1H3,(H,25,27). The van der Waals surface area contributed by atoms with E-state index in [2.05, 4.69) is 10.4 Å². The molecule has 0 saturated heterocycles. The topological polar surface area (TPSA) is 56.1 Å². The maximum atomic E-state index is 12.7. The van der Waals surface area contributed by atoms with Gasteiger partial charge in [0.1, 0.15) is 5.75 Å². The van der Waals surface area contributed by atoms with Gasteiger partial charge >= 0.3 is 0 Å². The number of aromatic nitrogens is 2. The van der Waals surface area contributed by atoms with E-state index < -0.39 is 0 Å². The fourth-order valence-corrected chi connectivity index (χ4v) is 3.87. The second-order valence-electron chi connectivity index (χ2n) is 6.94. The average Bonchev–Trinajstić information content (AvgIpc) is 3.14. The number of carbonyl (C=O) groups is 1. The van der Waals surface area contributed by atoms with Gasteiger partial charge in [-0.3, -0.25) is 9.48 Å². The van der Waals surface area contributed by atoms with Crippen molar-refractivity contribution in [1.82, 2.24) is 15.1 Å². The summed E-state index contributed by atoms with van der Waals surface area (Å²) in [5.74, 6) is 0.650. The Balaban J connectivity index is 1.52. The third kappa shape index (κ3) is 3.76. The predicted molar refractivity (Wildman–Crippen MR) is 109 cm³/mol. The molecule has 1 atom stereocenters. The normalized spacial score (nSPS) is 15.7. The zero-order valence-corrected chi connectivity index (χ0v) is 16.4. The number of benzene rings is 2. The summed E-state index contributed by atoms with van der Waals surface area (Å²) in [7, 11) is 1.61. The number of hydrogen-bond acceptors (Lipinski definition) is 3. The molecule has 2 aromatic carbocycles. The van der Waals surface area contributed by atoms with Crippen molar-refractivity contribution in [2.24, 2.45) is 0 Å². The molecule has 6 heteroatoms. The summed E-state index contributed by atoms with van der Waals surface area (Å²) in [6, 6.07) is 14.9. The van der Waals surface area contributed by atoms with Crippen LogP contribution in [0.3, 0.4) is 0 Å². The first-order valence-corrected chi connectivity index (χ1v) is 9.76. The third-order valence-corrected chi connectivity index (χ3v) is 5.57. The van der Waals surface area contributed by atoms with Gasteiger partial charge in [-0.2, -0.15) is 5.10 Å². The smallest absolute Gasteiger partial charge is 0.251 e. The fraction of sp³-hybridized carbons (Fsp3) is 0.273. The van der Waals surface area contributed by atoms with Gasteiger partial charge in [-0.15, -0.1) is 0 Å². The Bertz CT molecular complexity index is 982. The molecule has 1 N–H and O–H groups in total. The van der Waals surface area contributed by atoms with E-state index in [1.165, 1.54) is 5.69 Å². The molecule has 1 heterocycles. The Morgan fingerprint density at radius 3 is 2.79 bits per heavy atom. The van der Waals surface area contributed by atoms with Crippen LogP contribution in [0.4, 0.5) is 0 Å². The van der Waals surface area contributed by atoms with E-state index in [0.717, 1.165) is 41.2 Å². The largest absolute Gasteiger partial charge is 0.497 e. The van der Waals surface area contributed by atoms with Gasteiger partial charge in [-0.05, 0) is 55.2 Å². The molecule has 0 saturated carbocycles. The lowest BCUT2D eigenvalue weighted by Gasteiger charge is -2.24. The Hall–Kier alpha value is -2.79. The summed E-state index contributed by atoms with van der Waals surface area (Å²) in [6.45, 7) is 0.633. The quantitative estimate of drug-likeness (QED) is 0.696. The zero-order chi connectivity index (χ0) is 19.5. The van der Waals surface area contributed by atoms with Crippen LogP contribution in [0.5, 0.6) is 5.75 Å². The number of nitrogens with one attached hydrogen (secondary N) is 1. The van der Waals surface area contributed by atoms with E-state index >= 15 is 0 Å². The van der Waals surface area contributed by atoms with E-state index in [4.69, 9.17) is 16.3 Å². The minimum atomic E-state index is -0.0839. The highest BCUT2D eigenvalue weighted by molar-refractivity contribution is 6.31. The minimum absolute atomic E-state index is 0.0293. The number of carbonyl (C=O) groups excluding carboxylic acids is 1. The number of halogens is 1. The Labute approximate surface area is 169 Å². The highest BCUT2D eigenvalue weighted by atomic mass is 35.5. The van der Waals surface area contributed by atoms with Crippen LogP contribution in [-0.4, -0.2) is 22.8 Å². The Morgan fingerprint density at radius 1 is 1.25 bits per heavy atom. The molecule has 0 aliphatic heterocycles. The average molecular weight is 396 g/mol. The van der Waals surface area contributed by atoms with Crippen molar-refractivity contribution in [3.63, 3.8) is 0 Å². The first kappa shape index (κ1) is 18.6. The number of fused-ring (bicyclic) bond motifs is 1. The number of ether oxygens (including phenoxy) is 1. The van der Waals surface area contributed by atoms with Crippen LogP contribution in [0.15, 0.2) is 54.7 Å². The summed E-state index contributed by atoms with van der Waals surface area (Å²) in [4.78, 5) is 12.7. The lowest BCUT2D eigenvalue weighted by atomic mass is 9.92. The van der Waals surface area contributed by atoms with E-state index in [-0.39, 0.29) is 11.9 Å². The monoisotopic (exact) mass is 395 g/mol. The molecule has 0 spiro atoms. The number of hydrogen-bond donors (Lipinski definition) is 1. The number of amides is 1. The molecule has 0 bridgehead atoms. The fourth-order valence-electron chi connectivity index (χ4n) is 3.68. The maximum Gasteiger partial charge on any atom is 0.251 e. The zero-order valence-electron chi connectivity index (χ0n) is 15.7. The van der Waals surface area contributed by atoms with Crippen LogP contribution in [0, 0.1) is 0 Å². The van der Waals surface area contributed by atoms with Crippen molar-refractivity contribution in [3.8, 4) is 5.75 Å². The molecule has 1 unspecified atom stereocenters. The second kappa shape index (κ2) is 8.07. The number of methoxy groups -OCH3 is 1. The summed E-state index contributed by atoms with van der Waals surface area (Å²) in [6.07, 6.45) is 4.75. The minimum Gasteiger partial charge on any atom is -0.497 e. The van der Waals surface area contributed by atoms with Gasteiger partial charge in [-0.1, -0.05) is 29.8 Å². The summed E-state index contributed by atoms with van der Waals surface area (Å²) < 4.78 is 7.16. The van der Waals surface area contributed by atoms with Crippen molar-refractivity contribution >= 4 is 17.5 Å². The van der Waals surface area contributed by atoms with Crippen LogP contribution in [0.1, 0.15) is 46.1 Å². The maximum absolute atomic E-state index is 12.7. The van der Waals surface area contributed by atoms with E-state index in [1.807, 2.05) is 35.1 Å². The Kier molecular flexibility index (Phi) is 5.35. The highest BCUT2D eigenvalue weighted by Gasteiger charge is 2.26. The highest BCUT2D eigenvalue weighted by Crippen LogP contribution is 2.31. The molecule has 1 aromatic heterocycles. The first-order valence-electron chi connectivity index (χ1n) is 9.38. The lowest BCUT2D eigenvalue weighted by Crippen LogP contribution is -2.31. The number of rotatable bonds is 5. The second-order valence-corrected chi connectivity index (χ2v) is 7.35. The van der Waals surface area contributed by atoms with Gasteiger partial charge in [0.25, 0.3) is 5.91 Å². The van der Waals surface area contributed by atoms with Gasteiger partial charge in [0.2, 0.25) is 0 Å². The lowest BCUT2D eigenvalue weighted by molar-refractivity contribution is 0.0932. The van der Waals surface area contributed by atoms with E-state index in [0.29, 0.717) is 12.1 Å². The molecule has 1 amide bonds. The summed E-state index contributed by atoms with van der Waals surface area (Å²) in [5, 5.41) is 8.48. The molecule has 1 aliphatic rings. The SMILES string of the molecule is COc1ccc(C(=O)NC2CCCc3c2cnn3Cc2ccccc2Cl)cc1. The van der Waals surface area contributed by atoms with Crippen LogP contribution in [0.2, 0.25) is 5.02 Å². The van der Waals surface area contributed by atoms with Gasteiger partial charge in [0, 0.05) is 21.8 Å². The molecule has 4 rings (SSSR count). The predicted octanol–water partition coefficient (Wildman–Crippen LogP) is 4.40. The van der Waals surface area contributed by atoms with Crippen molar-refractivity contribution in [1.29, 1.82) is 0 Å². The van der Waals surface area contributed by atoms with Crippen LogP contribution in [-0.2, 0) is 13.0 Å².